The largest absolute Gasteiger partial charge is 0.349 e. The Hall–Kier alpha value is -2.25. The second-order valence-corrected chi connectivity index (χ2v) is 6.78. The van der Waals surface area contributed by atoms with E-state index in [4.69, 9.17) is 9.47 Å². The number of hydrogen-bond acceptors (Lipinski definition) is 5. The standard InChI is InChI=1S/C17H22N4O3/c1-16(2)23-11-17(3,12-24-16)15(22)18-14-10-21(20-19-14)9-13-7-5-4-6-8-13/h4-8,10H,9,11-12H2,1-3H3,(H,18,22). The second-order valence-electron chi connectivity index (χ2n) is 6.78. The first-order valence-electron chi connectivity index (χ1n) is 7.90. The fraction of sp³-hybridized carbons (Fsp3) is 0.471. The molecule has 128 valence electrons. The molecule has 7 nitrogen and oxygen atoms in total. The molecule has 0 atom stereocenters. The summed E-state index contributed by atoms with van der Waals surface area (Å²) in [4.78, 5) is 12.5. The molecule has 0 spiro atoms. The van der Waals surface area contributed by atoms with Crippen molar-refractivity contribution in [3.63, 3.8) is 0 Å². The van der Waals surface area contributed by atoms with Crippen molar-refractivity contribution < 1.29 is 14.3 Å². The zero-order valence-electron chi connectivity index (χ0n) is 14.2. The molecule has 1 aliphatic heterocycles. The first-order valence-corrected chi connectivity index (χ1v) is 7.90. The smallest absolute Gasteiger partial charge is 0.236 e. The average molecular weight is 330 g/mol. The van der Waals surface area contributed by atoms with Gasteiger partial charge >= 0.3 is 0 Å². The molecule has 1 aromatic carbocycles. The summed E-state index contributed by atoms with van der Waals surface area (Å²) in [7, 11) is 0. The highest BCUT2D eigenvalue weighted by Crippen LogP contribution is 2.30. The minimum atomic E-state index is -0.751. The van der Waals surface area contributed by atoms with Crippen LogP contribution in [0.3, 0.4) is 0 Å². The predicted molar refractivity (Wildman–Crippen MR) is 88.3 cm³/mol. The number of nitrogens with zero attached hydrogens (tertiary/aromatic N) is 3. The zero-order chi connectivity index (χ0) is 17.2. The molecule has 3 rings (SSSR count). The molecule has 1 aromatic heterocycles. The normalized spacial score (nSPS) is 19.0. The van der Waals surface area contributed by atoms with Gasteiger partial charge in [-0.05, 0) is 26.3 Å². The van der Waals surface area contributed by atoms with Gasteiger partial charge < -0.3 is 14.8 Å². The van der Waals surface area contributed by atoms with Gasteiger partial charge in [0.15, 0.2) is 11.6 Å². The number of nitrogens with one attached hydrogen (secondary N) is 1. The van der Waals surface area contributed by atoms with Crippen LogP contribution < -0.4 is 5.32 Å². The summed E-state index contributed by atoms with van der Waals surface area (Å²) < 4.78 is 12.9. The Morgan fingerprint density at radius 1 is 1.21 bits per heavy atom. The first-order chi connectivity index (χ1) is 11.4. The molecule has 2 aromatic rings. The Balaban J connectivity index is 1.61. The summed E-state index contributed by atoms with van der Waals surface area (Å²) in [6.07, 6.45) is 1.71. The highest BCUT2D eigenvalue weighted by molar-refractivity contribution is 5.94. The minimum absolute atomic E-state index is 0.190. The maximum Gasteiger partial charge on any atom is 0.236 e. The predicted octanol–water partition coefficient (Wildman–Crippen LogP) is 2.05. The fourth-order valence-electron chi connectivity index (χ4n) is 2.35. The molecular formula is C17H22N4O3. The van der Waals surface area contributed by atoms with E-state index in [0.717, 1.165) is 5.56 Å². The Bertz CT molecular complexity index is 702. The van der Waals surface area contributed by atoms with Gasteiger partial charge in [-0.25, -0.2) is 4.68 Å². The maximum absolute atomic E-state index is 12.5. The summed E-state index contributed by atoms with van der Waals surface area (Å²) in [5.74, 6) is -0.426. The summed E-state index contributed by atoms with van der Waals surface area (Å²) in [6.45, 7) is 6.67. The lowest BCUT2D eigenvalue weighted by molar-refractivity contribution is -0.276. The highest BCUT2D eigenvalue weighted by Gasteiger charge is 2.42. The molecule has 1 aliphatic rings. The van der Waals surface area contributed by atoms with Crippen LogP contribution in [0, 0.1) is 5.41 Å². The topological polar surface area (TPSA) is 78.3 Å². The van der Waals surface area contributed by atoms with Gasteiger partial charge in [0.1, 0.15) is 0 Å². The van der Waals surface area contributed by atoms with Gasteiger partial charge in [0, 0.05) is 0 Å². The third-order valence-electron chi connectivity index (χ3n) is 3.99. The van der Waals surface area contributed by atoms with E-state index in [-0.39, 0.29) is 5.91 Å². The Kier molecular flexibility index (Phi) is 4.38. The molecule has 0 bridgehead atoms. The number of carbonyl (C=O) groups excluding carboxylic acids is 1. The molecule has 1 amide bonds. The Morgan fingerprint density at radius 3 is 2.54 bits per heavy atom. The number of amides is 1. The Labute approximate surface area is 141 Å². The summed E-state index contributed by atoms with van der Waals surface area (Å²) in [5.41, 5.74) is 0.363. The van der Waals surface area contributed by atoms with Crippen molar-refractivity contribution in [2.75, 3.05) is 18.5 Å². The van der Waals surface area contributed by atoms with Gasteiger partial charge in [-0.1, -0.05) is 35.5 Å². The number of ether oxygens (including phenoxy) is 2. The van der Waals surface area contributed by atoms with E-state index in [2.05, 4.69) is 15.6 Å². The number of anilines is 1. The molecule has 2 heterocycles. The number of carbonyl (C=O) groups is 1. The van der Waals surface area contributed by atoms with Crippen LogP contribution in [0.15, 0.2) is 36.5 Å². The quantitative estimate of drug-likeness (QED) is 0.928. The monoisotopic (exact) mass is 330 g/mol. The first kappa shape index (κ1) is 16.6. The van der Waals surface area contributed by atoms with Crippen LogP contribution in [-0.2, 0) is 20.8 Å². The third-order valence-corrected chi connectivity index (χ3v) is 3.99. The van der Waals surface area contributed by atoms with E-state index in [9.17, 15) is 4.79 Å². The van der Waals surface area contributed by atoms with E-state index in [1.165, 1.54) is 0 Å². The molecule has 1 saturated heterocycles. The zero-order valence-corrected chi connectivity index (χ0v) is 14.2. The van der Waals surface area contributed by atoms with Crippen LogP contribution >= 0.6 is 0 Å². The van der Waals surface area contributed by atoms with Gasteiger partial charge in [0.25, 0.3) is 0 Å². The molecule has 7 heteroatoms. The van der Waals surface area contributed by atoms with Crippen molar-refractivity contribution in [3.05, 3.63) is 42.1 Å². The van der Waals surface area contributed by atoms with Crippen LogP contribution in [0.5, 0.6) is 0 Å². The number of aromatic nitrogens is 3. The molecule has 24 heavy (non-hydrogen) atoms. The van der Waals surface area contributed by atoms with E-state index in [1.54, 1.807) is 10.9 Å². The molecule has 0 unspecified atom stereocenters. The van der Waals surface area contributed by atoms with Crippen molar-refractivity contribution in [2.45, 2.75) is 33.1 Å². The average Bonchev–Trinajstić information content (AvgIpc) is 2.98. The fourth-order valence-corrected chi connectivity index (χ4v) is 2.35. The van der Waals surface area contributed by atoms with E-state index in [0.29, 0.717) is 25.6 Å². The highest BCUT2D eigenvalue weighted by atomic mass is 16.7. The lowest BCUT2D eigenvalue weighted by Crippen LogP contribution is -2.50. The molecule has 1 fully saturated rings. The van der Waals surface area contributed by atoms with Gasteiger partial charge in [-0.15, -0.1) is 5.10 Å². The van der Waals surface area contributed by atoms with Crippen molar-refractivity contribution in [1.29, 1.82) is 0 Å². The lowest BCUT2D eigenvalue weighted by Gasteiger charge is -2.40. The van der Waals surface area contributed by atoms with Gasteiger partial charge in [0.05, 0.1) is 31.4 Å². The van der Waals surface area contributed by atoms with Gasteiger partial charge in [0.2, 0.25) is 5.91 Å². The van der Waals surface area contributed by atoms with Crippen molar-refractivity contribution in [3.8, 4) is 0 Å². The number of rotatable bonds is 4. The van der Waals surface area contributed by atoms with Crippen LogP contribution in [0.1, 0.15) is 26.3 Å². The van der Waals surface area contributed by atoms with Crippen molar-refractivity contribution in [1.82, 2.24) is 15.0 Å². The minimum Gasteiger partial charge on any atom is -0.349 e. The molecule has 0 radical (unpaired) electrons. The maximum atomic E-state index is 12.5. The van der Waals surface area contributed by atoms with Crippen molar-refractivity contribution >= 4 is 11.7 Å². The number of hydrogen-bond donors (Lipinski definition) is 1. The van der Waals surface area contributed by atoms with Crippen LogP contribution in [0.25, 0.3) is 0 Å². The van der Waals surface area contributed by atoms with Crippen LogP contribution in [0.4, 0.5) is 5.82 Å². The summed E-state index contributed by atoms with van der Waals surface area (Å²) >= 11 is 0. The van der Waals surface area contributed by atoms with Crippen molar-refractivity contribution in [2.24, 2.45) is 5.41 Å². The second kappa shape index (κ2) is 6.33. The van der Waals surface area contributed by atoms with E-state index < -0.39 is 11.2 Å². The molecule has 1 N–H and O–H groups in total. The summed E-state index contributed by atoms with van der Waals surface area (Å²) in [6, 6.07) is 9.94. The lowest BCUT2D eigenvalue weighted by atomic mass is 9.90. The van der Waals surface area contributed by atoms with Crippen LogP contribution in [-0.4, -0.2) is 39.9 Å². The molecular weight excluding hydrogens is 308 g/mol. The Morgan fingerprint density at radius 2 is 1.88 bits per heavy atom. The van der Waals surface area contributed by atoms with E-state index in [1.807, 2.05) is 51.1 Å². The molecule has 0 saturated carbocycles. The number of benzene rings is 1. The molecule has 0 aliphatic carbocycles. The van der Waals surface area contributed by atoms with E-state index >= 15 is 0 Å². The van der Waals surface area contributed by atoms with Crippen LogP contribution in [0.2, 0.25) is 0 Å². The third kappa shape index (κ3) is 3.80. The van der Waals surface area contributed by atoms with Gasteiger partial charge in [-0.2, -0.15) is 0 Å². The SMILES string of the molecule is CC1(C)OCC(C)(C(=O)Nc2cn(Cc3ccccc3)nn2)CO1. The van der Waals surface area contributed by atoms with Gasteiger partial charge in [-0.3, -0.25) is 4.79 Å². The summed E-state index contributed by atoms with van der Waals surface area (Å²) in [5, 5.41) is 10.8.